The van der Waals surface area contributed by atoms with Crippen LogP contribution in [0.1, 0.15) is 11.6 Å². The number of aromatic nitrogens is 13. The number of oxazole rings is 1. The molecule has 13 heterocycles. The zero-order valence-corrected chi connectivity index (χ0v) is 69.0. The van der Waals surface area contributed by atoms with Crippen LogP contribution >= 0.6 is 22.7 Å². The summed E-state index contributed by atoms with van der Waals surface area (Å²) >= 11 is 3.46. The van der Waals surface area contributed by atoms with Crippen LogP contribution in [0.5, 0.6) is 0 Å². The number of hydrogen-bond acceptors (Lipinski definition) is 18. The van der Waals surface area contributed by atoms with Gasteiger partial charge in [0.05, 0.1) is 38.8 Å². The second-order valence-electron chi connectivity index (χ2n) is 29.2. The molecule has 594 valence electrons. The minimum atomic E-state index is 0.649. The van der Waals surface area contributed by atoms with E-state index in [2.05, 4.69) is 247 Å². The molecule has 0 N–H and O–H groups in total. The summed E-state index contributed by atoms with van der Waals surface area (Å²) < 4.78 is 19.2. The van der Waals surface area contributed by atoms with Gasteiger partial charge in [-0.05, 0) is 114 Å². The molecule has 0 spiro atoms. The van der Waals surface area contributed by atoms with Crippen molar-refractivity contribution in [1.29, 1.82) is 0 Å². The molecule has 0 aliphatic carbocycles. The minimum Gasteiger partial charge on any atom is -0.443 e. The van der Waals surface area contributed by atoms with Gasteiger partial charge >= 0.3 is 0 Å². The fraction of sp³-hybridized carbons (Fsp3) is 0.0187. The Morgan fingerprint density at radius 1 is 0.248 bits per heavy atom. The summed E-state index contributed by atoms with van der Waals surface area (Å²) in [6.45, 7) is 3.88. The quantitative estimate of drug-likeness (QED) is 0.147. The minimum absolute atomic E-state index is 0.649. The highest BCUT2D eigenvalue weighted by molar-refractivity contribution is 7.25. The molecule has 0 unspecified atom stereocenters. The third-order valence-electron chi connectivity index (χ3n) is 21.5. The number of thiophene rings is 2. The van der Waals surface area contributed by atoms with Crippen molar-refractivity contribution in [2.45, 2.75) is 13.8 Å². The number of nitrogens with zero attached hydrogens (tertiary/aromatic N) is 13. The van der Waals surface area contributed by atoms with Gasteiger partial charge in [-0.15, -0.1) is 22.7 Å². The molecular formula is C107H71N13O3S2. The van der Waals surface area contributed by atoms with Crippen molar-refractivity contribution in [3.8, 4) is 22.5 Å². The number of fused-ring (bicyclic) bond motifs is 28. The molecule has 18 heteroatoms. The van der Waals surface area contributed by atoms with Crippen LogP contribution in [0.15, 0.2) is 409 Å². The van der Waals surface area contributed by atoms with Crippen molar-refractivity contribution in [3.05, 3.63) is 408 Å². The van der Waals surface area contributed by atoms with E-state index in [1.165, 1.54) is 81.4 Å². The van der Waals surface area contributed by atoms with E-state index in [9.17, 15) is 0 Å². The van der Waals surface area contributed by atoms with Gasteiger partial charge in [0.1, 0.15) is 50.6 Å². The first-order valence-corrected chi connectivity index (χ1v) is 42.2. The fourth-order valence-corrected chi connectivity index (χ4v) is 18.0. The Morgan fingerprint density at radius 2 is 0.672 bits per heavy atom. The molecular weight excluding hydrogens is 1580 g/mol. The van der Waals surface area contributed by atoms with E-state index < -0.39 is 0 Å². The van der Waals surface area contributed by atoms with Gasteiger partial charge in [0.15, 0.2) is 12.0 Å². The van der Waals surface area contributed by atoms with E-state index >= 15 is 0 Å². The van der Waals surface area contributed by atoms with Crippen molar-refractivity contribution in [3.63, 3.8) is 0 Å². The van der Waals surface area contributed by atoms with Crippen LogP contribution in [0.2, 0.25) is 0 Å². The first kappa shape index (κ1) is 77.2. The number of furan rings is 2. The zero-order valence-electron chi connectivity index (χ0n) is 67.4. The molecule has 0 atom stereocenters. The molecule has 27 rings (SSSR count). The lowest BCUT2D eigenvalue weighted by Gasteiger charge is -2.09. The SMILES string of the molecule is Cc1nc(-c2ccccc2)c2ccc3ccccc3c2n1.Cc1nc(-c2ccccc2)c2ccccc2n1.c1ccc2c(c1)c1ccccc1c1ocnc21.c1ccc2c(c1)c1cccnc1c1ncccc21.c1ccc2c(c1)oc1ncccc12.c1ccc2c(c1)oc1ncncc12.c1ccc2c(c1)sc1ncccc12.c1ccc2c(c1)sc1ncncc12. The Morgan fingerprint density at radius 3 is 1.30 bits per heavy atom. The zero-order chi connectivity index (χ0) is 83.8. The molecule has 0 aliphatic rings. The van der Waals surface area contributed by atoms with Crippen molar-refractivity contribution >= 4 is 205 Å². The van der Waals surface area contributed by atoms with Gasteiger partial charge in [0.2, 0.25) is 11.4 Å². The number of hydrogen-bond donors (Lipinski definition) is 0. The number of rotatable bonds is 2. The molecule has 125 heavy (non-hydrogen) atoms. The molecule has 0 bridgehead atoms. The Balaban J connectivity index is 0.0000000908. The van der Waals surface area contributed by atoms with Crippen LogP contribution in [-0.4, -0.2) is 64.8 Å². The lowest BCUT2D eigenvalue weighted by molar-refractivity contribution is 0.605. The number of aryl methyl sites for hydroxylation is 2. The van der Waals surface area contributed by atoms with Gasteiger partial charge in [-0.1, -0.05) is 267 Å². The molecule has 16 nitrogen and oxygen atoms in total. The van der Waals surface area contributed by atoms with Gasteiger partial charge in [0, 0.05) is 133 Å². The third kappa shape index (κ3) is 15.8. The summed E-state index contributed by atoms with van der Waals surface area (Å²) in [6.07, 6.45) is 15.5. The Kier molecular flexibility index (Phi) is 21.7. The van der Waals surface area contributed by atoms with Gasteiger partial charge in [-0.2, -0.15) is 0 Å². The highest BCUT2D eigenvalue weighted by atomic mass is 32.1. The molecule has 27 aromatic rings. The third-order valence-corrected chi connectivity index (χ3v) is 23.7. The van der Waals surface area contributed by atoms with E-state index in [0.29, 0.717) is 11.4 Å². The van der Waals surface area contributed by atoms with Crippen molar-refractivity contribution in [1.82, 2.24) is 64.8 Å². The van der Waals surface area contributed by atoms with Crippen LogP contribution in [-0.2, 0) is 0 Å². The number of benzene rings is 14. The topological polar surface area (TPSA) is 207 Å². The Labute approximate surface area is 722 Å². The number of para-hydroxylation sites is 3. The number of pyridine rings is 4. The first-order chi connectivity index (χ1) is 61.9. The molecule has 0 fully saturated rings. The smallest absolute Gasteiger partial charge is 0.230 e. The predicted octanol–water partition coefficient (Wildman–Crippen LogP) is 28.1. The largest absolute Gasteiger partial charge is 0.443 e. The van der Waals surface area contributed by atoms with E-state index in [1.807, 2.05) is 196 Å². The van der Waals surface area contributed by atoms with Crippen molar-refractivity contribution < 1.29 is 13.3 Å². The van der Waals surface area contributed by atoms with E-state index in [-0.39, 0.29) is 0 Å². The van der Waals surface area contributed by atoms with Gasteiger partial charge in [0.25, 0.3) is 0 Å². The maximum absolute atomic E-state index is 5.54. The summed E-state index contributed by atoms with van der Waals surface area (Å²) in [6, 6.07) is 115. The molecule has 14 aromatic carbocycles. The fourth-order valence-electron chi connectivity index (χ4n) is 15.9. The summed E-state index contributed by atoms with van der Waals surface area (Å²) in [5, 5.41) is 23.4. The maximum atomic E-state index is 5.54. The molecule has 0 amide bonds. The summed E-state index contributed by atoms with van der Waals surface area (Å²) in [5.74, 6) is 1.61. The molecule has 0 radical (unpaired) electrons. The van der Waals surface area contributed by atoms with Crippen LogP contribution in [0.4, 0.5) is 0 Å². The first-order valence-electron chi connectivity index (χ1n) is 40.6. The lowest BCUT2D eigenvalue weighted by Crippen LogP contribution is -1.94. The summed E-state index contributed by atoms with van der Waals surface area (Å²) in [5.41, 5.74) is 13.2. The van der Waals surface area contributed by atoms with E-state index in [0.717, 1.165) is 137 Å². The van der Waals surface area contributed by atoms with Crippen LogP contribution in [0.3, 0.4) is 0 Å². The maximum Gasteiger partial charge on any atom is 0.230 e. The molecule has 0 saturated heterocycles. The monoisotopic (exact) mass is 1650 g/mol. The predicted molar refractivity (Wildman–Crippen MR) is 513 cm³/mol. The molecule has 0 aliphatic heterocycles. The standard InChI is InChI=1S/C19H14N2.C16H10N2.C15H12N2.C15H9NO.C11H7NO.C11H7NS.C10H6N2O.C10H6N2S/c1-13-20-18(15-8-3-2-4-9-15)17-12-11-14-7-5-6-10-16(14)19(17)21-13;1-2-6-12-11(5-1)13-7-3-9-17-15(13)16-14(12)8-4-10-18-16;1-11-16-14-10-6-5-9-13(14)15(17-11)12-7-3-2-4-8-12;1-3-7-12-10(5-1)11-6-2-4-8-13(11)15-14(12)16-9-17-15;2*1-2-6-10-8(4-1)9-5-3-7-12-11(9)13-10;2*1-2-4-9-7(3-1)8-5-11-6-12-10(8)13-9/h2-12H,1H3;1-10H;2-10H,1H3;1-9H;2*1-7H;2*1-6H. The van der Waals surface area contributed by atoms with Crippen LogP contribution in [0, 0.1) is 13.8 Å². The van der Waals surface area contributed by atoms with Crippen LogP contribution < -0.4 is 0 Å². The highest BCUT2D eigenvalue weighted by Gasteiger charge is 2.16. The molecule has 13 aromatic heterocycles. The highest BCUT2D eigenvalue weighted by Crippen LogP contribution is 2.39. The second kappa shape index (κ2) is 35.1. The lowest BCUT2D eigenvalue weighted by atomic mass is 10.0. The Hall–Kier alpha value is -16.4. The van der Waals surface area contributed by atoms with Crippen LogP contribution in [0.25, 0.3) is 205 Å². The summed E-state index contributed by atoms with van der Waals surface area (Å²) in [7, 11) is 0. The van der Waals surface area contributed by atoms with Gasteiger partial charge in [-0.25, -0.2) is 54.8 Å². The van der Waals surface area contributed by atoms with Gasteiger partial charge in [-0.3, -0.25) is 9.97 Å². The van der Waals surface area contributed by atoms with E-state index in [4.69, 9.17) is 13.3 Å². The summed E-state index contributed by atoms with van der Waals surface area (Å²) in [4.78, 5) is 58.6. The van der Waals surface area contributed by atoms with Crippen molar-refractivity contribution in [2.24, 2.45) is 0 Å². The van der Waals surface area contributed by atoms with Gasteiger partial charge < -0.3 is 13.3 Å². The second-order valence-corrected chi connectivity index (χ2v) is 31.3. The molecule has 0 saturated carbocycles. The Bertz CT molecular complexity index is 7680. The van der Waals surface area contributed by atoms with E-state index in [1.54, 1.807) is 41.4 Å². The average Bonchev–Trinajstić information content (AvgIpc) is 1.60. The average molecular weight is 1650 g/mol. The normalized spacial score (nSPS) is 11.1. The van der Waals surface area contributed by atoms with Crippen molar-refractivity contribution in [2.75, 3.05) is 0 Å².